The molecular weight excluding hydrogens is 396 g/mol. The van der Waals surface area contributed by atoms with Gasteiger partial charge in [0, 0.05) is 10.5 Å². The molecule has 2 heterocycles. The summed E-state index contributed by atoms with van der Waals surface area (Å²) in [5, 5.41) is 15.5. The number of carbonyl (C=O) groups is 1. The number of benzene rings is 2. The van der Waals surface area contributed by atoms with E-state index in [0.29, 0.717) is 5.82 Å². The van der Waals surface area contributed by atoms with Crippen LogP contribution in [-0.4, -0.2) is 30.7 Å². The maximum absolute atomic E-state index is 12.5. The summed E-state index contributed by atoms with van der Waals surface area (Å²) in [6.45, 7) is 1.96. The molecule has 7 nitrogen and oxygen atoms in total. The van der Waals surface area contributed by atoms with Crippen LogP contribution in [0.3, 0.4) is 0 Å². The number of halogens is 1. The van der Waals surface area contributed by atoms with Gasteiger partial charge in [-0.25, -0.2) is 9.36 Å². The molecule has 0 spiro atoms. The highest BCUT2D eigenvalue weighted by Gasteiger charge is 2.13. The standard InChI is InChI=1S/C18H15BrN6O/c1-12-9-17(25(22-12)14-6-4-5-13(19)10-14)20-18(26)11-24-16-8-3-2-7-15(16)21-23-24/h2-10H,11H2,1H3,(H,20,26). The lowest BCUT2D eigenvalue weighted by atomic mass is 10.3. The summed E-state index contributed by atoms with van der Waals surface area (Å²) in [6, 6.07) is 17.1. The summed E-state index contributed by atoms with van der Waals surface area (Å²) in [4.78, 5) is 12.5. The molecule has 0 atom stereocenters. The third kappa shape index (κ3) is 3.23. The summed E-state index contributed by atoms with van der Waals surface area (Å²) in [6.07, 6.45) is 0. The Morgan fingerprint density at radius 2 is 2.00 bits per heavy atom. The molecule has 1 amide bonds. The molecule has 0 saturated carbocycles. The monoisotopic (exact) mass is 410 g/mol. The number of aromatic nitrogens is 5. The number of anilines is 1. The molecule has 2 aromatic heterocycles. The van der Waals surface area contributed by atoms with Crippen molar-refractivity contribution in [3.8, 4) is 5.69 Å². The Labute approximate surface area is 157 Å². The van der Waals surface area contributed by atoms with E-state index < -0.39 is 0 Å². The molecule has 26 heavy (non-hydrogen) atoms. The number of hydrogen-bond acceptors (Lipinski definition) is 4. The molecule has 0 aliphatic heterocycles. The number of para-hydroxylation sites is 1. The van der Waals surface area contributed by atoms with Gasteiger partial charge in [0.25, 0.3) is 0 Å². The van der Waals surface area contributed by atoms with E-state index in [1.54, 1.807) is 9.36 Å². The van der Waals surface area contributed by atoms with Crippen molar-refractivity contribution in [1.29, 1.82) is 0 Å². The van der Waals surface area contributed by atoms with Gasteiger partial charge in [-0.1, -0.05) is 39.3 Å². The van der Waals surface area contributed by atoms with Crippen LogP contribution >= 0.6 is 15.9 Å². The number of nitrogens with one attached hydrogen (secondary N) is 1. The van der Waals surface area contributed by atoms with E-state index in [1.165, 1.54) is 0 Å². The van der Waals surface area contributed by atoms with Crippen molar-refractivity contribution < 1.29 is 4.79 Å². The topological polar surface area (TPSA) is 77.6 Å². The molecule has 2 aromatic carbocycles. The largest absolute Gasteiger partial charge is 0.309 e. The second kappa shape index (κ2) is 6.72. The van der Waals surface area contributed by atoms with Crippen molar-refractivity contribution >= 4 is 38.7 Å². The highest BCUT2D eigenvalue weighted by Crippen LogP contribution is 2.20. The summed E-state index contributed by atoms with van der Waals surface area (Å²) in [5.41, 5.74) is 3.25. The van der Waals surface area contributed by atoms with E-state index in [0.717, 1.165) is 26.9 Å². The van der Waals surface area contributed by atoms with Crippen LogP contribution in [0.25, 0.3) is 16.7 Å². The quantitative estimate of drug-likeness (QED) is 0.559. The predicted molar refractivity (Wildman–Crippen MR) is 102 cm³/mol. The molecule has 0 aliphatic carbocycles. The van der Waals surface area contributed by atoms with Gasteiger partial charge in [0.2, 0.25) is 5.91 Å². The first kappa shape index (κ1) is 16.5. The molecule has 130 valence electrons. The van der Waals surface area contributed by atoms with E-state index in [2.05, 4.69) is 36.7 Å². The van der Waals surface area contributed by atoms with Gasteiger partial charge in [0.1, 0.15) is 17.9 Å². The van der Waals surface area contributed by atoms with E-state index in [-0.39, 0.29) is 12.5 Å². The fraction of sp³-hybridized carbons (Fsp3) is 0.111. The summed E-state index contributed by atoms with van der Waals surface area (Å²) >= 11 is 3.46. The molecular formula is C18H15BrN6O. The van der Waals surface area contributed by atoms with Gasteiger partial charge in [-0.2, -0.15) is 5.10 Å². The molecule has 8 heteroatoms. The number of hydrogen-bond donors (Lipinski definition) is 1. The van der Waals surface area contributed by atoms with Gasteiger partial charge in [-0.05, 0) is 37.3 Å². The molecule has 4 rings (SSSR count). The Balaban J connectivity index is 1.58. The number of fused-ring (bicyclic) bond motifs is 1. The summed E-state index contributed by atoms with van der Waals surface area (Å²) < 4.78 is 4.23. The molecule has 0 unspecified atom stereocenters. The molecule has 0 bridgehead atoms. The van der Waals surface area contributed by atoms with Crippen molar-refractivity contribution in [2.45, 2.75) is 13.5 Å². The van der Waals surface area contributed by atoms with E-state index in [9.17, 15) is 4.79 Å². The third-order valence-corrected chi connectivity index (χ3v) is 4.36. The molecule has 0 aliphatic rings. The van der Waals surface area contributed by atoms with Gasteiger partial charge in [-0.3, -0.25) is 4.79 Å². The number of amides is 1. The lowest BCUT2D eigenvalue weighted by molar-refractivity contribution is -0.116. The Bertz CT molecular complexity index is 1100. The first-order valence-electron chi connectivity index (χ1n) is 8.01. The van der Waals surface area contributed by atoms with Gasteiger partial charge < -0.3 is 5.32 Å². The maximum Gasteiger partial charge on any atom is 0.247 e. The van der Waals surface area contributed by atoms with Gasteiger partial charge in [0.05, 0.1) is 16.9 Å². The van der Waals surface area contributed by atoms with Gasteiger partial charge >= 0.3 is 0 Å². The third-order valence-electron chi connectivity index (χ3n) is 3.87. The van der Waals surface area contributed by atoms with E-state index >= 15 is 0 Å². The van der Waals surface area contributed by atoms with Gasteiger partial charge in [-0.15, -0.1) is 5.10 Å². The normalized spacial score (nSPS) is 11.0. The Hall–Kier alpha value is -3.00. The first-order valence-corrected chi connectivity index (χ1v) is 8.80. The Kier molecular flexibility index (Phi) is 4.26. The predicted octanol–water partition coefficient (Wildman–Crippen LogP) is 3.33. The van der Waals surface area contributed by atoms with Crippen LogP contribution in [-0.2, 0) is 11.3 Å². The minimum atomic E-state index is -0.197. The molecule has 1 N–H and O–H groups in total. The van der Waals surface area contributed by atoms with Crippen molar-refractivity contribution in [1.82, 2.24) is 24.8 Å². The second-order valence-corrected chi connectivity index (χ2v) is 6.76. The van der Waals surface area contributed by atoms with E-state index in [4.69, 9.17) is 0 Å². The van der Waals surface area contributed by atoms with Crippen molar-refractivity contribution in [3.05, 3.63) is 64.8 Å². The van der Waals surface area contributed by atoms with Crippen LogP contribution in [0, 0.1) is 6.92 Å². The van der Waals surface area contributed by atoms with Crippen LogP contribution < -0.4 is 5.32 Å². The first-order chi connectivity index (χ1) is 12.6. The number of rotatable bonds is 4. The van der Waals surface area contributed by atoms with Crippen LogP contribution in [0.5, 0.6) is 0 Å². The number of carbonyl (C=O) groups excluding carboxylic acids is 1. The molecule has 4 aromatic rings. The van der Waals surface area contributed by atoms with Gasteiger partial charge in [0.15, 0.2) is 0 Å². The number of aryl methyl sites for hydroxylation is 1. The lowest BCUT2D eigenvalue weighted by Gasteiger charge is -2.09. The van der Waals surface area contributed by atoms with Crippen molar-refractivity contribution in [2.75, 3.05) is 5.32 Å². The van der Waals surface area contributed by atoms with Crippen molar-refractivity contribution in [2.24, 2.45) is 0 Å². The van der Waals surface area contributed by atoms with Crippen LogP contribution in [0.15, 0.2) is 59.1 Å². The molecule has 0 fully saturated rings. The lowest BCUT2D eigenvalue weighted by Crippen LogP contribution is -2.21. The highest BCUT2D eigenvalue weighted by molar-refractivity contribution is 9.10. The molecule has 0 radical (unpaired) electrons. The zero-order chi connectivity index (χ0) is 18.1. The van der Waals surface area contributed by atoms with Crippen LogP contribution in [0.4, 0.5) is 5.82 Å². The summed E-state index contributed by atoms with van der Waals surface area (Å²) in [7, 11) is 0. The number of nitrogens with zero attached hydrogens (tertiary/aromatic N) is 5. The second-order valence-electron chi connectivity index (χ2n) is 5.85. The van der Waals surface area contributed by atoms with Crippen LogP contribution in [0.1, 0.15) is 5.69 Å². The zero-order valence-corrected chi connectivity index (χ0v) is 15.5. The average molecular weight is 411 g/mol. The minimum Gasteiger partial charge on any atom is -0.309 e. The minimum absolute atomic E-state index is 0.0726. The fourth-order valence-corrected chi connectivity index (χ4v) is 3.13. The average Bonchev–Trinajstić information content (AvgIpc) is 3.19. The van der Waals surface area contributed by atoms with E-state index in [1.807, 2.05) is 61.5 Å². The zero-order valence-electron chi connectivity index (χ0n) is 13.9. The molecule has 0 saturated heterocycles. The highest BCUT2D eigenvalue weighted by atomic mass is 79.9. The Morgan fingerprint density at radius 3 is 2.85 bits per heavy atom. The van der Waals surface area contributed by atoms with Crippen LogP contribution in [0.2, 0.25) is 0 Å². The maximum atomic E-state index is 12.5. The summed E-state index contributed by atoms with van der Waals surface area (Å²) in [5.74, 6) is 0.409. The van der Waals surface area contributed by atoms with Crippen molar-refractivity contribution in [3.63, 3.8) is 0 Å². The Morgan fingerprint density at radius 1 is 1.15 bits per heavy atom. The SMILES string of the molecule is Cc1cc(NC(=O)Cn2nnc3ccccc32)n(-c2cccc(Br)c2)n1. The fourth-order valence-electron chi connectivity index (χ4n) is 2.75. The smallest absolute Gasteiger partial charge is 0.247 e.